The second-order valence-corrected chi connectivity index (χ2v) is 7.60. The van der Waals surface area contributed by atoms with Crippen LogP contribution in [0.15, 0.2) is 91.3 Å². The zero-order valence-electron chi connectivity index (χ0n) is 18.3. The molecule has 0 amide bonds. The molecular weight excluding hydrogens is 380 g/mol. The predicted octanol–water partition coefficient (Wildman–Crippen LogP) is 6.87. The highest BCUT2D eigenvalue weighted by molar-refractivity contribution is 6.00. The van der Waals surface area contributed by atoms with E-state index in [2.05, 4.69) is 90.9 Å². The summed E-state index contributed by atoms with van der Waals surface area (Å²) in [4.78, 5) is 4.22. The van der Waals surface area contributed by atoms with E-state index in [0.717, 1.165) is 22.6 Å². The predicted molar refractivity (Wildman–Crippen MR) is 130 cm³/mol. The SMILES string of the molecule is CCOc1ccccc1C(C)N/C(=C(\C)c1cccc2ccccc12)c1ccncc1. The largest absolute Gasteiger partial charge is 0.494 e. The topological polar surface area (TPSA) is 34.1 Å². The van der Waals surface area contributed by atoms with Gasteiger partial charge in [-0.1, -0.05) is 60.7 Å². The number of aromatic nitrogens is 1. The third-order valence-corrected chi connectivity index (χ3v) is 5.58. The Morgan fingerprint density at radius 2 is 1.61 bits per heavy atom. The molecule has 3 heteroatoms. The quantitative estimate of drug-likeness (QED) is 0.362. The first-order chi connectivity index (χ1) is 15.2. The van der Waals surface area contributed by atoms with Crippen LogP contribution in [-0.2, 0) is 0 Å². The smallest absolute Gasteiger partial charge is 0.124 e. The Labute approximate surface area is 184 Å². The minimum absolute atomic E-state index is 0.0656. The van der Waals surface area contributed by atoms with Crippen molar-refractivity contribution in [3.8, 4) is 5.75 Å². The number of rotatable bonds is 7. The van der Waals surface area contributed by atoms with Crippen molar-refractivity contribution in [2.75, 3.05) is 6.61 Å². The average Bonchev–Trinajstić information content (AvgIpc) is 2.83. The lowest BCUT2D eigenvalue weighted by Crippen LogP contribution is -2.19. The Hall–Kier alpha value is -3.59. The molecule has 1 N–H and O–H groups in total. The molecule has 0 aliphatic heterocycles. The number of allylic oxidation sites excluding steroid dienone is 1. The van der Waals surface area contributed by atoms with Crippen molar-refractivity contribution in [3.05, 3.63) is 108 Å². The van der Waals surface area contributed by atoms with Crippen LogP contribution in [0.2, 0.25) is 0 Å². The van der Waals surface area contributed by atoms with E-state index in [4.69, 9.17) is 4.74 Å². The molecule has 0 bridgehead atoms. The minimum atomic E-state index is 0.0656. The van der Waals surface area contributed by atoms with Crippen molar-refractivity contribution in [1.82, 2.24) is 10.3 Å². The molecule has 1 unspecified atom stereocenters. The van der Waals surface area contributed by atoms with Crippen LogP contribution in [0, 0.1) is 0 Å². The van der Waals surface area contributed by atoms with Crippen molar-refractivity contribution in [3.63, 3.8) is 0 Å². The molecule has 4 rings (SSSR count). The fraction of sp³-hybridized carbons (Fsp3) is 0.179. The van der Waals surface area contributed by atoms with Gasteiger partial charge < -0.3 is 10.1 Å². The summed E-state index contributed by atoms with van der Waals surface area (Å²) in [5.41, 5.74) is 5.77. The van der Waals surface area contributed by atoms with Gasteiger partial charge in [0.1, 0.15) is 5.75 Å². The normalized spacial score (nSPS) is 12.9. The Morgan fingerprint density at radius 3 is 2.42 bits per heavy atom. The zero-order valence-corrected chi connectivity index (χ0v) is 18.3. The lowest BCUT2D eigenvalue weighted by Gasteiger charge is -2.23. The first-order valence-corrected chi connectivity index (χ1v) is 10.8. The van der Waals surface area contributed by atoms with Crippen LogP contribution in [0.3, 0.4) is 0 Å². The molecule has 0 fully saturated rings. The number of pyridine rings is 1. The lowest BCUT2D eigenvalue weighted by molar-refractivity contribution is 0.334. The first kappa shape index (κ1) is 20.7. The van der Waals surface area contributed by atoms with Crippen LogP contribution in [0.4, 0.5) is 0 Å². The summed E-state index contributed by atoms with van der Waals surface area (Å²) in [5.74, 6) is 0.918. The Kier molecular flexibility index (Phi) is 6.32. The highest BCUT2D eigenvalue weighted by atomic mass is 16.5. The van der Waals surface area contributed by atoms with Crippen LogP contribution in [0.25, 0.3) is 22.0 Å². The van der Waals surface area contributed by atoms with Crippen molar-refractivity contribution in [2.45, 2.75) is 26.8 Å². The number of nitrogens with one attached hydrogen (secondary N) is 1. The molecule has 3 aromatic carbocycles. The van der Waals surface area contributed by atoms with Gasteiger partial charge in [-0.2, -0.15) is 0 Å². The Morgan fingerprint density at radius 1 is 0.903 bits per heavy atom. The summed E-state index contributed by atoms with van der Waals surface area (Å²) in [7, 11) is 0. The van der Waals surface area contributed by atoms with Gasteiger partial charge in [-0.05, 0) is 60.9 Å². The van der Waals surface area contributed by atoms with E-state index in [0.29, 0.717) is 6.61 Å². The van der Waals surface area contributed by atoms with Gasteiger partial charge >= 0.3 is 0 Å². The fourth-order valence-corrected chi connectivity index (χ4v) is 4.03. The highest BCUT2D eigenvalue weighted by Crippen LogP contribution is 2.33. The van der Waals surface area contributed by atoms with Crippen LogP contribution in [0.5, 0.6) is 5.75 Å². The van der Waals surface area contributed by atoms with Crippen molar-refractivity contribution in [1.29, 1.82) is 0 Å². The zero-order chi connectivity index (χ0) is 21.6. The summed E-state index contributed by atoms with van der Waals surface area (Å²) >= 11 is 0. The second kappa shape index (κ2) is 9.48. The van der Waals surface area contributed by atoms with Gasteiger partial charge in [0.15, 0.2) is 0 Å². The molecule has 0 aliphatic carbocycles. The number of nitrogens with zero attached hydrogens (tertiary/aromatic N) is 1. The van der Waals surface area contributed by atoms with Crippen LogP contribution >= 0.6 is 0 Å². The standard InChI is InChI=1S/C28H28N2O/c1-4-31-27-15-8-7-12-25(27)21(3)30-28(23-16-18-29-19-17-23)20(2)24-14-9-11-22-10-5-6-13-26(22)24/h5-19,21,30H,4H2,1-3H3/b28-20+. The molecule has 0 saturated carbocycles. The first-order valence-electron chi connectivity index (χ1n) is 10.8. The molecule has 3 nitrogen and oxygen atoms in total. The van der Waals surface area contributed by atoms with Crippen LogP contribution in [0.1, 0.15) is 43.5 Å². The van der Waals surface area contributed by atoms with Gasteiger partial charge in [-0.3, -0.25) is 4.98 Å². The minimum Gasteiger partial charge on any atom is -0.494 e. The Balaban J connectivity index is 1.82. The monoisotopic (exact) mass is 408 g/mol. The van der Waals surface area contributed by atoms with E-state index < -0.39 is 0 Å². The number of hydrogen-bond donors (Lipinski definition) is 1. The van der Waals surface area contributed by atoms with Gasteiger partial charge in [0.05, 0.1) is 12.6 Å². The number of hydrogen-bond acceptors (Lipinski definition) is 3. The molecule has 1 heterocycles. The van der Waals surface area contributed by atoms with Crippen LogP contribution < -0.4 is 10.1 Å². The molecule has 4 aromatic rings. The summed E-state index contributed by atoms with van der Waals surface area (Å²) in [6.07, 6.45) is 3.68. The van der Waals surface area contributed by atoms with Crippen molar-refractivity contribution < 1.29 is 4.74 Å². The van der Waals surface area contributed by atoms with Crippen molar-refractivity contribution >= 4 is 22.0 Å². The maximum atomic E-state index is 5.88. The van der Waals surface area contributed by atoms with E-state index in [9.17, 15) is 0 Å². The highest BCUT2D eigenvalue weighted by Gasteiger charge is 2.16. The molecule has 0 saturated heterocycles. The summed E-state index contributed by atoms with van der Waals surface area (Å²) in [6.45, 7) is 7.02. The van der Waals surface area contributed by atoms with E-state index >= 15 is 0 Å². The fourth-order valence-electron chi connectivity index (χ4n) is 4.03. The third-order valence-electron chi connectivity index (χ3n) is 5.58. The summed E-state index contributed by atoms with van der Waals surface area (Å²) in [6, 6.07) is 27.4. The number of para-hydroxylation sites is 1. The lowest BCUT2D eigenvalue weighted by atomic mass is 9.95. The molecule has 0 aliphatic rings. The summed E-state index contributed by atoms with van der Waals surface area (Å²) < 4.78 is 5.88. The van der Waals surface area contributed by atoms with Gasteiger partial charge in [0.25, 0.3) is 0 Å². The van der Waals surface area contributed by atoms with E-state index in [-0.39, 0.29) is 6.04 Å². The molecule has 1 atom stereocenters. The van der Waals surface area contributed by atoms with Gasteiger partial charge in [0, 0.05) is 29.2 Å². The van der Waals surface area contributed by atoms with Crippen molar-refractivity contribution in [2.24, 2.45) is 0 Å². The number of benzene rings is 3. The molecule has 1 aromatic heterocycles. The molecule has 156 valence electrons. The van der Waals surface area contributed by atoms with E-state index in [1.54, 1.807) is 0 Å². The third kappa shape index (κ3) is 4.46. The van der Waals surface area contributed by atoms with Gasteiger partial charge in [-0.25, -0.2) is 0 Å². The van der Waals surface area contributed by atoms with Crippen LogP contribution in [-0.4, -0.2) is 11.6 Å². The van der Waals surface area contributed by atoms with E-state index in [1.165, 1.54) is 21.9 Å². The molecule has 0 spiro atoms. The van der Waals surface area contributed by atoms with E-state index in [1.807, 2.05) is 31.5 Å². The van der Waals surface area contributed by atoms with Gasteiger partial charge in [-0.15, -0.1) is 0 Å². The molecule has 0 radical (unpaired) electrons. The second-order valence-electron chi connectivity index (χ2n) is 7.60. The molecule has 31 heavy (non-hydrogen) atoms. The average molecular weight is 409 g/mol. The number of ether oxygens (including phenoxy) is 1. The summed E-state index contributed by atoms with van der Waals surface area (Å²) in [5, 5.41) is 6.27. The Bertz CT molecular complexity index is 1190. The van der Waals surface area contributed by atoms with Gasteiger partial charge in [0.2, 0.25) is 0 Å². The molecular formula is C28H28N2O. The maximum Gasteiger partial charge on any atom is 0.124 e. The maximum absolute atomic E-state index is 5.88. The number of fused-ring (bicyclic) bond motifs is 1.